The molecule has 0 bridgehead atoms. The zero-order chi connectivity index (χ0) is 24.2. The van der Waals surface area contributed by atoms with Gasteiger partial charge in [0.15, 0.2) is 18.1 Å². The Labute approximate surface area is 203 Å². The van der Waals surface area contributed by atoms with E-state index in [2.05, 4.69) is 4.90 Å². The van der Waals surface area contributed by atoms with Crippen LogP contribution in [-0.2, 0) is 16.1 Å². The molecule has 1 fully saturated rings. The highest BCUT2D eigenvalue weighted by atomic mass is 16.7. The van der Waals surface area contributed by atoms with Gasteiger partial charge in [-0.3, -0.25) is 9.69 Å². The van der Waals surface area contributed by atoms with E-state index in [1.807, 2.05) is 30.3 Å². The largest absolute Gasteiger partial charge is 0.508 e. The maximum absolute atomic E-state index is 12.6. The van der Waals surface area contributed by atoms with Gasteiger partial charge in [-0.1, -0.05) is 30.3 Å². The average molecular weight is 475 g/mol. The molecule has 1 saturated heterocycles. The van der Waals surface area contributed by atoms with E-state index in [1.54, 1.807) is 41.3 Å². The fourth-order valence-corrected chi connectivity index (χ4v) is 4.21. The molecule has 5 rings (SSSR count). The van der Waals surface area contributed by atoms with E-state index in [1.165, 1.54) is 0 Å². The molecule has 0 saturated carbocycles. The van der Waals surface area contributed by atoms with E-state index in [4.69, 9.17) is 14.2 Å². The van der Waals surface area contributed by atoms with Crippen molar-refractivity contribution in [2.75, 3.05) is 39.6 Å². The van der Waals surface area contributed by atoms with Crippen LogP contribution in [0.2, 0.25) is 0 Å². The van der Waals surface area contributed by atoms with E-state index in [9.17, 15) is 14.7 Å². The molecular formula is C27H26N2O6. The first-order chi connectivity index (χ1) is 17.0. The highest BCUT2D eigenvalue weighted by Crippen LogP contribution is 2.32. The van der Waals surface area contributed by atoms with Gasteiger partial charge in [-0.15, -0.1) is 0 Å². The van der Waals surface area contributed by atoms with Crippen LogP contribution in [-0.4, -0.2) is 66.4 Å². The number of carbonyl (C=O) groups excluding carboxylic acids is 2. The summed E-state index contributed by atoms with van der Waals surface area (Å²) in [5.41, 5.74) is 3.36. The molecule has 2 heterocycles. The number of rotatable bonds is 6. The summed E-state index contributed by atoms with van der Waals surface area (Å²) in [4.78, 5) is 29.0. The maximum atomic E-state index is 12.6. The number of carbonyl (C=O) groups is 2. The molecule has 1 N–H and O–H groups in total. The second-order valence-electron chi connectivity index (χ2n) is 8.54. The van der Waals surface area contributed by atoms with Gasteiger partial charge >= 0.3 is 5.97 Å². The lowest BCUT2D eigenvalue weighted by molar-refractivity contribution is -0.136. The Morgan fingerprint density at radius 2 is 1.49 bits per heavy atom. The number of nitrogens with zero attached hydrogens (tertiary/aromatic N) is 2. The van der Waals surface area contributed by atoms with Gasteiger partial charge < -0.3 is 24.2 Å². The summed E-state index contributed by atoms with van der Waals surface area (Å²) in [5, 5.41) is 9.42. The number of phenolic OH excluding ortho intramolecular Hbond substituents is 1. The third-order valence-electron chi connectivity index (χ3n) is 6.22. The van der Waals surface area contributed by atoms with E-state index >= 15 is 0 Å². The number of ether oxygens (including phenoxy) is 3. The van der Waals surface area contributed by atoms with Crippen LogP contribution >= 0.6 is 0 Å². The Morgan fingerprint density at radius 3 is 2.20 bits per heavy atom. The average Bonchev–Trinajstić information content (AvgIpc) is 3.36. The quantitative estimate of drug-likeness (QED) is 0.549. The molecule has 1 amide bonds. The zero-order valence-corrected chi connectivity index (χ0v) is 19.2. The third-order valence-corrected chi connectivity index (χ3v) is 6.22. The zero-order valence-electron chi connectivity index (χ0n) is 19.2. The number of piperazine rings is 1. The molecule has 0 aromatic heterocycles. The summed E-state index contributed by atoms with van der Waals surface area (Å²) in [6.45, 7) is 3.41. The van der Waals surface area contributed by atoms with Crippen LogP contribution in [0.25, 0.3) is 11.1 Å². The summed E-state index contributed by atoms with van der Waals surface area (Å²) in [7, 11) is 0. The van der Waals surface area contributed by atoms with E-state index in [0.717, 1.165) is 47.8 Å². The summed E-state index contributed by atoms with van der Waals surface area (Å²) in [6, 6.07) is 19.7. The van der Waals surface area contributed by atoms with Crippen LogP contribution in [0.3, 0.4) is 0 Å². The molecule has 180 valence electrons. The molecule has 8 nitrogen and oxygen atoms in total. The number of fused-ring (bicyclic) bond motifs is 1. The first-order valence-electron chi connectivity index (χ1n) is 11.5. The number of amides is 1. The van der Waals surface area contributed by atoms with Gasteiger partial charge in [0.1, 0.15) is 5.75 Å². The van der Waals surface area contributed by atoms with Crippen molar-refractivity contribution in [3.63, 3.8) is 0 Å². The minimum atomic E-state index is -0.531. The molecule has 0 aliphatic carbocycles. The lowest BCUT2D eigenvalue weighted by atomic mass is 10.0. The van der Waals surface area contributed by atoms with Crippen molar-refractivity contribution in [3.8, 4) is 28.4 Å². The Bertz CT molecular complexity index is 1200. The minimum absolute atomic E-state index is 0.193. The highest BCUT2D eigenvalue weighted by molar-refractivity contribution is 5.92. The smallest absolute Gasteiger partial charge is 0.338 e. The van der Waals surface area contributed by atoms with Crippen molar-refractivity contribution >= 4 is 11.9 Å². The van der Waals surface area contributed by atoms with Gasteiger partial charge in [-0.05, 0) is 53.1 Å². The van der Waals surface area contributed by atoms with Crippen LogP contribution in [0.4, 0.5) is 0 Å². The molecule has 3 aromatic rings. The van der Waals surface area contributed by atoms with Gasteiger partial charge in [0, 0.05) is 32.7 Å². The molecule has 2 aliphatic heterocycles. The van der Waals surface area contributed by atoms with Crippen LogP contribution < -0.4 is 9.47 Å². The number of hydrogen-bond acceptors (Lipinski definition) is 7. The van der Waals surface area contributed by atoms with Crippen molar-refractivity contribution in [1.29, 1.82) is 0 Å². The monoisotopic (exact) mass is 474 g/mol. The first-order valence-corrected chi connectivity index (χ1v) is 11.5. The standard InChI is InChI=1S/C27H26N2O6/c30-23-8-6-21(7-9-23)20-2-4-22(5-3-20)27(32)33-17-26(31)29-13-11-28(12-14-29)16-19-1-10-24-25(15-19)35-18-34-24/h1-10,15,30H,11-14,16-18H2. The number of phenols is 1. The van der Waals surface area contributed by atoms with Crippen molar-refractivity contribution in [2.24, 2.45) is 0 Å². The molecule has 2 aliphatic rings. The van der Waals surface area contributed by atoms with Crippen molar-refractivity contribution in [3.05, 3.63) is 77.9 Å². The summed E-state index contributed by atoms with van der Waals surface area (Å²) < 4.78 is 16.1. The van der Waals surface area contributed by atoms with Crippen molar-refractivity contribution in [2.45, 2.75) is 6.54 Å². The molecule has 0 unspecified atom stereocenters. The van der Waals surface area contributed by atoms with Crippen LogP contribution in [0.1, 0.15) is 15.9 Å². The van der Waals surface area contributed by atoms with Crippen LogP contribution in [0, 0.1) is 0 Å². The van der Waals surface area contributed by atoms with Crippen molar-refractivity contribution in [1.82, 2.24) is 9.80 Å². The van der Waals surface area contributed by atoms with Crippen molar-refractivity contribution < 1.29 is 28.9 Å². The SMILES string of the molecule is O=C(OCC(=O)N1CCN(Cc2ccc3c(c2)OCO3)CC1)c1ccc(-c2ccc(O)cc2)cc1. The van der Waals surface area contributed by atoms with Gasteiger partial charge in [0.25, 0.3) is 5.91 Å². The summed E-state index contributed by atoms with van der Waals surface area (Å²) in [5.74, 6) is 1.02. The highest BCUT2D eigenvalue weighted by Gasteiger charge is 2.23. The molecular weight excluding hydrogens is 448 g/mol. The molecule has 35 heavy (non-hydrogen) atoms. The lowest BCUT2D eigenvalue weighted by Gasteiger charge is -2.34. The second-order valence-corrected chi connectivity index (χ2v) is 8.54. The minimum Gasteiger partial charge on any atom is -0.508 e. The third kappa shape index (κ3) is 5.38. The van der Waals surface area contributed by atoms with E-state index < -0.39 is 5.97 Å². The number of esters is 1. The first kappa shape index (κ1) is 22.7. The Kier molecular flexibility index (Phi) is 6.54. The van der Waals surface area contributed by atoms with Crippen LogP contribution in [0.15, 0.2) is 66.7 Å². The molecule has 0 atom stereocenters. The summed E-state index contributed by atoms with van der Waals surface area (Å²) >= 11 is 0. The van der Waals surface area contributed by atoms with Gasteiger partial charge in [-0.25, -0.2) is 4.79 Å². The molecule has 0 spiro atoms. The van der Waals surface area contributed by atoms with E-state index in [0.29, 0.717) is 18.7 Å². The molecule has 0 radical (unpaired) electrons. The fourth-order valence-electron chi connectivity index (χ4n) is 4.21. The van der Waals surface area contributed by atoms with Gasteiger partial charge in [0.05, 0.1) is 5.56 Å². The number of aromatic hydroxyl groups is 1. The Balaban J connectivity index is 1.07. The normalized spacial score (nSPS) is 15.1. The number of benzene rings is 3. The molecule has 8 heteroatoms. The predicted octanol–water partition coefficient (Wildman–Crippen LogP) is 3.29. The number of hydrogen-bond donors (Lipinski definition) is 1. The van der Waals surface area contributed by atoms with Crippen LogP contribution in [0.5, 0.6) is 17.2 Å². The Morgan fingerprint density at radius 1 is 0.829 bits per heavy atom. The second kappa shape index (κ2) is 10.1. The maximum Gasteiger partial charge on any atom is 0.338 e. The van der Waals surface area contributed by atoms with Gasteiger partial charge in [-0.2, -0.15) is 0 Å². The predicted molar refractivity (Wildman–Crippen MR) is 128 cm³/mol. The molecule has 3 aromatic carbocycles. The topological polar surface area (TPSA) is 88.5 Å². The Hall–Kier alpha value is -4.04. The summed E-state index contributed by atoms with van der Waals surface area (Å²) in [6.07, 6.45) is 0. The van der Waals surface area contributed by atoms with E-state index in [-0.39, 0.29) is 25.1 Å². The lowest BCUT2D eigenvalue weighted by Crippen LogP contribution is -2.49. The fraction of sp³-hybridized carbons (Fsp3) is 0.259. The van der Waals surface area contributed by atoms with Gasteiger partial charge in [0.2, 0.25) is 6.79 Å².